The number of hydrogen-bond acceptors (Lipinski definition) is 4. The number of benzene rings is 2. The lowest BCUT2D eigenvalue weighted by Crippen LogP contribution is -3.09. The van der Waals surface area contributed by atoms with Crippen LogP contribution in [0.3, 0.4) is 0 Å². The normalized spacial score (nSPS) is 21.3. The van der Waals surface area contributed by atoms with Crippen molar-refractivity contribution in [2.45, 2.75) is 31.3 Å². The molecule has 2 aromatic carbocycles. The van der Waals surface area contributed by atoms with Crippen LogP contribution in [0.5, 0.6) is 11.5 Å². The molecule has 36 heavy (non-hydrogen) atoms. The number of rotatable bonds is 4. The van der Waals surface area contributed by atoms with Crippen molar-refractivity contribution >= 4 is 38.5 Å². The first-order chi connectivity index (χ1) is 17.7. The molecule has 2 aliphatic rings. The maximum atomic E-state index is 5.98. The van der Waals surface area contributed by atoms with Gasteiger partial charge in [0.25, 0.3) is 0 Å². The monoisotopic (exact) mass is 481 g/mol. The number of methoxy groups -OCH3 is 3. The van der Waals surface area contributed by atoms with E-state index in [0.717, 1.165) is 69.5 Å². The lowest BCUT2D eigenvalue weighted by Gasteiger charge is -2.39. The number of pyridine rings is 1. The van der Waals surface area contributed by atoms with Crippen LogP contribution >= 0.6 is 0 Å². The summed E-state index contributed by atoms with van der Waals surface area (Å²) >= 11 is 0. The van der Waals surface area contributed by atoms with Crippen molar-refractivity contribution in [1.29, 1.82) is 0 Å². The number of quaternary nitrogens is 1. The van der Waals surface area contributed by atoms with Crippen LogP contribution in [0, 0.1) is 0 Å². The molecule has 0 saturated carbocycles. The third kappa shape index (κ3) is 2.86. The number of para-hydroxylation sites is 2. The fraction of sp³-hybridized carbons (Fsp3) is 0.276. The zero-order chi connectivity index (χ0) is 24.4. The van der Waals surface area contributed by atoms with Gasteiger partial charge in [0.2, 0.25) is 0 Å². The molecule has 2 aliphatic heterocycles. The van der Waals surface area contributed by atoms with Gasteiger partial charge in [-0.1, -0.05) is 30.3 Å². The van der Waals surface area contributed by atoms with Crippen LogP contribution in [0.15, 0.2) is 54.9 Å². The number of H-pyrrole nitrogens is 2. The van der Waals surface area contributed by atoms with Gasteiger partial charge in [0.05, 0.1) is 55.2 Å². The molecule has 0 spiro atoms. The Bertz CT molecular complexity index is 1660. The largest absolute Gasteiger partial charge is 0.495 e. The number of fused-ring (bicyclic) bond motifs is 8. The Morgan fingerprint density at radius 1 is 0.833 bits per heavy atom. The van der Waals surface area contributed by atoms with E-state index in [1.54, 1.807) is 21.3 Å². The number of aromatic nitrogens is 3. The molecule has 2 unspecified atom stereocenters. The quantitative estimate of drug-likeness (QED) is 0.337. The number of piperidine rings is 1. The Hall–Kier alpha value is -3.97. The van der Waals surface area contributed by atoms with E-state index in [1.165, 1.54) is 21.5 Å². The summed E-state index contributed by atoms with van der Waals surface area (Å²) in [5, 5.41) is 3.35. The number of hydrogen-bond donors (Lipinski definition) is 3. The summed E-state index contributed by atoms with van der Waals surface area (Å²) in [7, 11) is 5.17. The molecule has 0 radical (unpaired) electrons. The predicted octanol–water partition coefficient (Wildman–Crippen LogP) is 5.02. The van der Waals surface area contributed by atoms with Gasteiger partial charge in [-0.2, -0.15) is 0 Å². The van der Waals surface area contributed by atoms with Gasteiger partial charge >= 0.3 is 0 Å². The number of nitrogens with one attached hydrogen (secondary N) is 3. The summed E-state index contributed by atoms with van der Waals surface area (Å²) in [4.78, 5) is 13.8. The van der Waals surface area contributed by atoms with Gasteiger partial charge in [-0.15, -0.1) is 0 Å². The van der Waals surface area contributed by atoms with Gasteiger partial charge in [-0.25, -0.2) is 4.98 Å². The van der Waals surface area contributed by atoms with E-state index in [-0.39, 0.29) is 6.04 Å². The third-order valence-corrected chi connectivity index (χ3v) is 8.03. The van der Waals surface area contributed by atoms with Gasteiger partial charge in [-0.05, 0) is 18.6 Å². The highest BCUT2D eigenvalue weighted by molar-refractivity contribution is 6.12. The number of aromatic amines is 2. The molecular weight excluding hydrogens is 452 g/mol. The van der Waals surface area contributed by atoms with Crippen LogP contribution < -0.4 is 14.4 Å². The van der Waals surface area contributed by atoms with E-state index >= 15 is 0 Å². The van der Waals surface area contributed by atoms with E-state index < -0.39 is 0 Å². The minimum atomic E-state index is 0.168. The van der Waals surface area contributed by atoms with Crippen LogP contribution in [0.4, 0.5) is 0 Å². The first-order valence-electron chi connectivity index (χ1n) is 12.5. The lowest BCUT2D eigenvalue weighted by molar-refractivity contribution is -0.920. The first kappa shape index (κ1) is 21.3. The van der Waals surface area contributed by atoms with E-state index in [4.69, 9.17) is 19.2 Å². The summed E-state index contributed by atoms with van der Waals surface area (Å²) in [5.74, 6) is 2.50. The highest BCUT2D eigenvalue weighted by atomic mass is 16.5. The van der Waals surface area contributed by atoms with Crippen molar-refractivity contribution in [3.8, 4) is 11.5 Å². The van der Waals surface area contributed by atoms with E-state index in [9.17, 15) is 0 Å². The van der Waals surface area contributed by atoms with Crippen molar-refractivity contribution in [2.75, 3.05) is 21.3 Å². The lowest BCUT2D eigenvalue weighted by atomic mass is 9.87. The van der Waals surface area contributed by atoms with Crippen LogP contribution in [0.1, 0.15) is 48.3 Å². The summed E-state index contributed by atoms with van der Waals surface area (Å²) < 4.78 is 17.4. The second-order valence-electron chi connectivity index (χ2n) is 9.68. The molecule has 5 heterocycles. The molecule has 0 amide bonds. The van der Waals surface area contributed by atoms with E-state index in [1.807, 2.05) is 18.3 Å². The predicted molar refractivity (Wildman–Crippen MR) is 140 cm³/mol. The van der Waals surface area contributed by atoms with E-state index in [0.29, 0.717) is 6.04 Å². The molecule has 7 heteroatoms. The van der Waals surface area contributed by atoms with Gasteiger partial charge in [0.15, 0.2) is 5.76 Å². The SMILES string of the molecule is COC1=C[NH+]2C(CCC[C@H]2c2ncc(OC)c3c2[nH]c2c(OC)cccc23)c2[nH]c3ccccc3c21. The fourth-order valence-electron chi connectivity index (χ4n) is 6.47. The molecule has 3 aromatic heterocycles. The Morgan fingerprint density at radius 3 is 2.47 bits per heavy atom. The molecular formula is C29H29N4O3+. The van der Waals surface area contributed by atoms with Crippen molar-refractivity contribution in [1.82, 2.24) is 15.0 Å². The smallest absolute Gasteiger partial charge is 0.181 e. The molecule has 0 bridgehead atoms. The number of ether oxygens (including phenoxy) is 3. The van der Waals surface area contributed by atoms with Crippen LogP contribution in [0.2, 0.25) is 0 Å². The standard InChI is InChI=1S/C29H28N4O3/c1-34-21-13-6-9-17-25-22(35-2)14-30-28(29(25)32-26(17)21)20-12-7-11-19-27-24(23(36-3)15-33(19)20)16-8-4-5-10-18(16)31-27/h4-6,8-10,13-15,19-20,31-32H,7,11-12H2,1-3H3/p+1/t19?,20-/m0/s1. The Balaban J connectivity index is 1.44. The number of nitrogens with zero attached hydrogens (tertiary/aromatic N) is 1. The summed E-state index contributed by atoms with van der Waals surface area (Å²) in [6.45, 7) is 0. The average molecular weight is 482 g/mol. The van der Waals surface area contributed by atoms with Gasteiger partial charge in [0.1, 0.15) is 35.5 Å². The molecule has 1 saturated heterocycles. The molecule has 3 N–H and O–H groups in total. The second kappa shape index (κ2) is 8.03. The van der Waals surface area contributed by atoms with Crippen LogP contribution in [0.25, 0.3) is 38.5 Å². The Kier molecular flexibility index (Phi) is 4.76. The zero-order valence-electron chi connectivity index (χ0n) is 20.6. The van der Waals surface area contributed by atoms with Crippen molar-refractivity contribution in [3.63, 3.8) is 0 Å². The molecule has 182 valence electrons. The minimum Gasteiger partial charge on any atom is -0.495 e. The van der Waals surface area contributed by atoms with E-state index in [2.05, 4.69) is 46.5 Å². The minimum absolute atomic E-state index is 0.168. The van der Waals surface area contributed by atoms with Gasteiger partial charge < -0.3 is 24.2 Å². The van der Waals surface area contributed by atoms with Gasteiger partial charge in [-0.3, -0.25) is 4.90 Å². The van der Waals surface area contributed by atoms with Crippen molar-refractivity contribution in [2.24, 2.45) is 0 Å². The summed E-state index contributed by atoms with van der Waals surface area (Å²) in [5.41, 5.74) is 6.65. The van der Waals surface area contributed by atoms with Crippen LogP contribution in [-0.2, 0) is 4.74 Å². The van der Waals surface area contributed by atoms with Crippen LogP contribution in [-0.4, -0.2) is 36.3 Å². The topological polar surface area (TPSA) is 76.6 Å². The molecule has 1 fully saturated rings. The third-order valence-electron chi connectivity index (χ3n) is 8.03. The molecule has 7 rings (SSSR count). The van der Waals surface area contributed by atoms with Crippen molar-refractivity contribution < 1.29 is 19.1 Å². The molecule has 5 aromatic rings. The molecule has 3 atom stereocenters. The highest BCUT2D eigenvalue weighted by Gasteiger charge is 2.43. The highest BCUT2D eigenvalue weighted by Crippen LogP contribution is 2.42. The fourth-order valence-corrected chi connectivity index (χ4v) is 6.47. The first-order valence-corrected chi connectivity index (χ1v) is 12.5. The Labute approximate surface area is 208 Å². The summed E-state index contributed by atoms with van der Waals surface area (Å²) in [6, 6.07) is 15.1. The van der Waals surface area contributed by atoms with Gasteiger partial charge in [0, 0.05) is 29.1 Å². The Morgan fingerprint density at radius 2 is 1.64 bits per heavy atom. The average Bonchev–Trinajstić information content (AvgIpc) is 3.51. The second-order valence-corrected chi connectivity index (χ2v) is 9.68. The molecule has 0 aliphatic carbocycles. The van der Waals surface area contributed by atoms with Crippen molar-refractivity contribution in [3.05, 3.63) is 71.8 Å². The molecule has 7 nitrogen and oxygen atoms in total. The maximum Gasteiger partial charge on any atom is 0.181 e. The maximum absolute atomic E-state index is 5.98. The zero-order valence-corrected chi connectivity index (χ0v) is 20.6. The summed E-state index contributed by atoms with van der Waals surface area (Å²) in [6.07, 6.45) is 7.42.